The molecule has 0 N–H and O–H groups in total. The molecule has 192 valence electrons. The van der Waals surface area contributed by atoms with E-state index in [9.17, 15) is 18.8 Å². The molecule has 1 spiro atoms. The van der Waals surface area contributed by atoms with Gasteiger partial charge in [0.25, 0.3) is 11.8 Å². The smallest absolute Gasteiger partial charge is 0.297 e. The van der Waals surface area contributed by atoms with Crippen LogP contribution in [0.25, 0.3) is 11.0 Å². The van der Waals surface area contributed by atoms with Crippen molar-refractivity contribution in [3.05, 3.63) is 122 Å². The van der Waals surface area contributed by atoms with Crippen LogP contribution in [0.15, 0.2) is 86.5 Å². The zero-order chi connectivity index (χ0) is 27.1. The number of hydrogen-bond donors (Lipinski definition) is 0. The summed E-state index contributed by atoms with van der Waals surface area (Å²) in [5, 5.41) is 4.43. The van der Waals surface area contributed by atoms with Gasteiger partial charge >= 0.3 is 0 Å². The fourth-order valence-corrected chi connectivity index (χ4v) is 5.77. The maximum atomic E-state index is 14.7. The lowest BCUT2D eigenvalue weighted by Crippen LogP contribution is -2.53. The number of nitrogens with zero attached hydrogens (tertiary/aromatic N) is 3. The molecule has 0 saturated carbocycles. The number of aryl methyl sites for hydroxylation is 1. The van der Waals surface area contributed by atoms with Gasteiger partial charge in [-0.3, -0.25) is 19.3 Å². The van der Waals surface area contributed by atoms with Gasteiger partial charge in [0.1, 0.15) is 17.2 Å². The summed E-state index contributed by atoms with van der Waals surface area (Å²) in [7, 11) is 0. The fraction of sp³-hybridized carbons (Fsp3) is 0.103. The number of fused-ring (bicyclic) bond motifs is 5. The average Bonchev–Trinajstić information content (AvgIpc) is 3.54. The molecular formula is C29H17ClFN3O5. The van der Waals surface area contributed by atoms with Gasteiger partial charge in [0.15, 0.2) is 16.8 Å². The molecule has 5 aromatic rings. The molecule has 2 aliphatic heterocycles. The van der Waals surface area contributed by atoms with Crippen molar-refractivity contribution in [1.29, 1.82) is 0 Å². The second-order valence-corrected chi connectivity index (χ2v) is 9.86. The van der Waals surface area contributed by atoms with Gasteiger partial charge in [-0.15, -0.1) is 0 Å². The molecule has 1 unspecified atom stereocenters. The van der Waals surface area contributed by atoms with E-state index in [0.29, 0.717) is 17.0 Å². The third-order valence-corrected chi connectivity index (χ3v) is 7.45. The molecule has 1 atom stereocenters. The highest BCUT2D eigenvalue weighted by molar-refractivity contribution is 6.31. The Balaban J connectivity index is 1.57. The van der Waals surface area contributed by atoms with Gasteiger partial charge in [0.05, 0.1) is 23.2 Å². The predicted octanol–water partition coefficient (Wildman–Crippen LogP) is 5.33. The van der Waals surface area contributed by atoms with Gasteiger partial charge < -0.3 is 13.8 Å². The number of para-hydroxylation sites is 1. The third kappa shape index (κ3) is 3.04. The van der Waals surface area contributed by atoms with Gasteiger partial charge in [-0.25, -0.2) is 4.39 Å². The van der Waals surface area contributed by atoms with Crippen LogP contribution in [-0.2, 0) is 16.9 Å². The van der Waals surface area contributed by atoms with Gasteiger partial charge in [0, 0.05) is 22.2 Å². The van der Waals surface area contributed by atoms with E-state index in [1.165, 1.54) is 29.2 Å². The Morgan fingerprint density at radius 2 is 1.77 bits per heavy atom. The first-order chi connectivity index (χ1) is 18.8. The van der Waals surface area contributed by atoms with Crippen LogP contribution in [0.3, 0.4) is 0 Å². The maximum Gasteiger partial charge on any atom is 0.297 e. The Morgan fingerprint density at radius 3 is 2.54 bits per heavy atom. The minimum Gasteiger partial charge on any atom is -0.450 e. The van der Waals surface area contributed by atoms with E-state index in [0.717, 1.165) is 4.90 Å². The average molecular weight is 542 g/mol. The molecule has 0 radical (unpaired) electrons. The maximum absolute atomic E-state index is 14.7. The van der Waals surface area contributed by atoms with Crippen molar-refractivity contribution in [2.24, 2.45) is 0 Å². The number of carbonyl (C=O) groups is 2. The number of aromatic nitrogens is 1. The molecule has 3 aromatic carbocycles. The lowest BCUT2D eigenvalue weighted by atomic mass is 9.84. The molecule has 7 rings (SSSR count). The standard InChI is InChI=1S/C29H17ClFN3O5/c1-15-12-23(32-39-15)34-27(36)26-24(25(35)18-13-17(30)10-11-22(18)38-26)29(34)19-7-3-5-9-21(19)33(28(29)37)14-16-6-2-4-8-20(16)31/h2-13H,14H2,1H3. The van der Waals surface area contributed by atoms with E-state index in [4.69, 9.17) is 20.5 Å². The first-order valence-corrected chi connectivity index (χ1v) is 12.4. The van der Waals surface area contributed by atoms with Gasteiger partial charge in [-0.2, -0.15) is 0 Å². The van der Waals surface area contributed by atoms with Crippen molar-refractivity contribution in [2.75, 3.05) is 9.80 Å². The first-order valence-electron chi connectivity index (χ1n) is 12.0. The minimum atomic E-state index is -1.98. The molecule has 0 fully saturated rings. The summed E-state index contributed by atoms with van der Waals surface area (Å²) >= 11 is 6.20. The van der Waals surface area contributed by atoms with Gasteiger partial charge in [0.2, 0.25) is 5.76 Å². The van der Waals surface area contributed by atoms with Crippen LogP contribution in [0.1, 0.15) is 33.0 Å². The highest BCUT2D eigenvalue weighted by Crippen LogP contribution is 2.54. The number of hydrogen-bond acceptors (Lipinski definition) is 6. The van der Waals surface area contributed by atoms with Crippen molar-refractivity contribution in [1.82, 2.24) is 5.16 Å². The summed E-state index contributed by atoms with van der Waals surface area (Å²) in [6.07, 6.45) is 0. The van der Waals surface area contributed by atoms with E-state index in [-0.39, 0.29) is 45.2 Å². The lowest BCUT2D eigenvalue weighted by Gasteiger charge is -2.32. The van der Waals surface area contributed by atoms with Gasteiger partial charge in [-0.1, -0.05) is 53.2 Å². The van der Waals surface area contributed by atoms with E-state index in [1.54, 1.807) is 55.5 Å². The number of halogens is 2. The topological polar surface area (TPSA) is 96.9 Å². The zero-order valence-electron chi connectivity index (χ0n) is 20.3. The van der Waals surface area contributed by atoms with Gasteiger partial charge in [-0.05, 0) is 37.3 Å². The van der Waals surface area contributed by atoms with Crippen LogP contribution < -0.4 is 15.2 Å². The second kappa shape index (κ2) is 8.12. The molecule has 39 heavy (non-hydrogen) atoms. The fourth-order valence-electron chi connectivity index (χ4n) is 5.59. The normalized spacial score (nSPS) is 17.9. The molecule has 4 heterocycles. The van der Waals surface area contributed by atoms with Crippen molar-refractivity contribution >= 4 is 45.9 Å². The predicted molar refractivity (Wildman–Crippen MR) is 140 cm³/mol. The molecule has 0 bridgehead atoms. The molecule has 2 aliphatic rings. The van der Waals surface area contributed by atoms with Crippen molar-refractivity contribution in [3.8, 4) is 0 Å². The molecular weight excluding hydrogens is 525 g/mol. The van der Waals surface area contributed by atoms with E-state index in [1.807, 2.05) is 0 Å². The van der Waals surface area contributed by atoms with Crippen LogP contribution in [0, 0.1) is 12.7 Å². The molecule has 8 nitrogen and oxygen atoms in total. The first kappa shape index (κ1) is 23.4. The summed E-state index contributed by atoms with van der Waals surface area (Å²) in [5.41, 5.74) is -1.53. The van der Waals surface area contributed by atoms with E-state index >= 15 is 0 Å². The monoisotopic (exact) mass is 541 g/mol. The Morgan fingerprint density at radius 1 is 1.00 bits per heavy atom. The summed E-state index contributed by atoms with van der Waals surface area (Å²) in [5.74, 6) is -1.72. The summed E-state index contributed by atoms with van der Waals surface area (Å²) in [4.78, 5) is 45.4. The highest BCUT2D eigenvalue weighted by atomic mass is 35.5. The molecule has 2 amide bonds. The lowest BCUT2D eigenvalue weighted by molar-refractivity contribution is -0.121. The van der Waals surface area contributed by atoms with E-state index < -0.39 is 28.6 Å². The zero-order valence-corrected chi connectivity index (χ0v) is 21.0. The Labute approximate surface area is 224 Å². The summed E-state index contributed by atoms with van der Waals surface area (Å²) < 4.78 is 26.0. The molecule has 2 aromatic heterocycles. The van der Waals surface area contributed by atoms with Crippen LogP contribution in [0.5, 0.6) is 0 Å². The minimum absolute atomic E-state index is 0.0290. The largest absolute Gasteiger partial charge is 0.450 e. The number of rotatable bonds is 3. The Kier molecular flexibility index (Phi) is 4.86. The number of amides is 2. The molecule has 0 saturated heterocycles. The molecule has 0 aliphatic carbocycles. The van der Waals surface area contributed by atoms with E-state index in [2.05, 4.69) is 5.16 Å². The number of carbonyl (C=O) groups excluding carboxylic acids is 2. The second-order valence-electron chi connectivity index (χ2n) is 9.42. The van der Waals surface area contributed by atoms with Crippen molar-refractivity contribution in [3.63, 3.8) is 0 Å². The van der Waals surface area contributed by atoms with Crippen LogP contribution in [0.4, 0.5) is 15.9 Å². The Hall–Kier alpha value is -4.76. The SMILES string of the molecule is Cc1cc(N2C(=O)c3oc4ccc(Cl)cc4c(=O)c3C23C(=O)N(Cc2ccccc2F)c2ccccc23)no1. The van der Waals surface area contributed by atoms with Crippen molar-refractivity contribution in [2.45, 2.75) is 19.0 Å². The summed E-state index contributed by atoms with van der Waals surface area (Å²) in [6, 6.07) is 18.9. The van der Waals surface area contributed by atoms with Crippen molar-refractivity contribution < 1.29 is 22.9 Å². The third-order valence-electron chi connectivity index (χ3n) is 7.22. The van der Waals surface area contributed by atoms with Crippen LogP contribution in [0.2, 0.25) is 5.02 Å². The number of anilines is 2. The quantitative estimate of drug-likeness (QED) is 0.306. The van der Waals surface area contributed by atoms with Crippen LogP contribution in [-0.4, -0.2) is 17.0 Å². The van der Waals surface area contributed by atoms with Crippen LogP contribution >= 0.6 is 11.6 Å². The summed E-state index contributed by atoms with van der Waals surface area (Å²) in [6.45, 7) is 1.51. The Bertz CT molecular complexity index is 1930. The number of benzene rings is 3. The highest BCUT2D eigenvalue weighted by Gasteiger charge is 2.66. The molecule has 10 heteroatoms.